The predicted octanol–water partition coefficient (Wildman–Crippen LogP) is 3.03. The van der Waals surface area contributed by atoms with Gasteiger partial charge in [0, 0.05) is 31.1 Å². The largest absolute Gasteiger partial charge is 0.481 e. The third-order valence-electron chi connectivity index (χ3n) is 5.44. The molecule has 3 rings (SSSR count). The van der Waals surface area contributed by atoms with E-state index >= 15 is 0 Å². The molecule has 6 heteroatoms. The molecule has 6 nitrogen and oxygen atoms in total. The molecule has 0 spiro atoms. The molecule has 2 amide bonds. The molecular weight excluding hydrogens is 332 g/mol. The normalized spacial score (nSPS) is 23.5. The van der Waals surface area contributed by atoms with Gasteiger partial charge in [-0.3, -0.25) is 14.4 Å². The summed E-state index contributed by atoms with van der Waals surface area (Å²) in [5, 5.41) is 12.0. The Kier molecular flexibility index (Phi) is 5.91. The summed E-state index contributed by atoms with van der Waals surface area (Å²) in [4.78, 5) is 37.3. The second kappa shape index (κ2) is 8.34. The molecule has 1 aliphatic carbocycles. The highest BCUT2D eigenvalue weighted by atomic mass is 16.4. The first-order chi connectivity index (χ1) is 12.5. The number of carboxylic acids is 1. The molecule has 0 radical (unpaired) electrons. The molecule has 140 valence electrons. The second-order valence-electron chi connectivity index (χ2n) is 7.35. The number of carboxylic acid groups (broad SMARTS) is 1. The van der Waals surface area contributed by atoms with Crippen LogP contribution in [0.25, 0.3) is 0 Å². The first-order valence-electron chi connectivity index (χ1n) is 9.43. The maximum atomic E-state index is 12.5. The van der Waals surface area contributed by atoms with Crippen molar-refractivity contribution in [3.8, 4) is 0 Å². The smallest absolute Gasteiger partial charge is 0.306 e. The minimum absolute atomic E-state index is 0.0416. The first-order valence-corrected chi connectivity index (χ1v) is 9.43. The number of carbonyl (C=O) groups is 3. The number of carbonyl (C=O) groups excluding carboxylic acids is 2. The predicted molar refractivity (Wildman–Crippen MR) is 97.4 cm³/mol. The Morgan fingerprint density at radius 3 is 2.54 bits per heavy atom. The van der Waals surface area contributed by atoms with E-state index in [1.165, 1.54) is 0 Å². The van der Waals surface area contributed by atoms with Crippen LogP contribution in [0.3, 0.4) is 0 Å². The quantitative estimate of drug-likeness (QED) is 0.847. The zero-order valence-corrected chi connectivity index (χ0v) is 14.9. The van der Waals surface area contributed by atoms with Gasteiger partial charge in [-0.2, -0.15) is 0 Å². The van der Waals surface area contributed by atoms with Crippen molar-refractivity contribution in [2.24, 2.45) is 11.8 Å². The number of hydrogen-bond acceptors (Lipinski definition) is 3. The van der Waals surface area contributed by atoms with Crippen LogP contribution in [0.15, 0.2) is 24.3 Å². The number of benzene rings is 1. The third kappa shape index (κ3) is 4.62. The highest BCUT2D eigenvalue weighted by Gasteiger charge is 2.29. The van der Waals surface area contributed by atoms with E-state index in [-0.39, 0.29) is 23.7 Å². The van der Waals surface area contributed by atoms with E-state index < -0.39 is 5.97 Å². The number of likely N-dealkylation sites (tertiary alicyclic amines) is 1. The third-order valence-corrected chi connectivity index (χ3v) is 5.44. The molecule has 0 unspecified atom stereocenters. The SMILES string of the molecule is O=C(O)C1CCC(C(=O)Nc2cccc(CN3CCCCC3=O)c2)CC1. The number of anilines is 1. The topological polar surface area (TPSA) is 86.7 Å². The number of hydrogen-bond donors (Lipinski definition) is 2. The van der Waals surface area contributed by atoms with Crippen LogP contribution in [-0.4, -0.2) is 34.3 Å². The van der Waals surface area contributed by atoms with Crippen molar-refractivity contribution in [2.75, 3.05) is 11.9 Å². The molecule has 1 saturated carbocycles. The van der Waals surface area contributed by atoms with Gasteiger partial charge in [-0.1, -0.05) is 12.1 Å². The van der Waals surface area contributed by atoms with E-state index in [0.717, 1.165) is 30.6 Å². The number of rotatable bonds is 5. The summed E-state index contributed by atoms with van der Waals surface area (Å²) in [5.74, 6) is -1.05. The number of nitrogens with zero attached hydrogens (tertiary/aromatic N) is 1. The maximum Gasteiger partial charge on any atom is 0.306 e. The Labute approximate surface area is 153 Å². The van der Waals surface area contributed by atoms with Crippen LogP contribution in [0.1, 0.15) is 50.5 Å². The number of amides is 2. The summed E-state index contributed by atoms with van der Waals surface area (Å²) in [7, 11) is 0. The van der Waals surface area contributed by atoms with Gasteiger partial charge in [-0.05, 0) is 56.2 Å². The Balaban J connectivity index is 1.56. The van der Waals surface area contributed by atoms with Crippen LogP contribution < -0.4 is 5.32 Å². The van der Waals surface area contributed by atoms with Gasteiger partial charge in [-0.25, -0.2) is 0 Å². The van der Waals surface area contributed by atoms with Crippen LogP contribution in [0, 0.1) is 11.8 Å². The lowest BCUT2D eigenvalue weighted by atomic mass is 9.81. The monoisotopic (exact) mass is 358 g/mol. The van der Waals surface area contributed by atoms with Crippen molar-refractivity contribution in [3.63, 3.8) is 0 Å². The lowest BCUT2D eigenvalue weighted by molar-refractivity contribution is -0.143. The van der Waals surface area contributed by atoms with Crippen LogP contribution >= 0.6 is 0 Å². The van der Waals surface area contributed by atoms with Crippen LogP contribution in [0.5, 0.6) is 0 Å². The Bertz CT molecular complexity index is 680. The number of aliphatic carboxylic acids is 1. The fourth-order valence-electron chi connectivity index (χ4n) is 3.84. The summed E-state index contributed by atoms with van der Waals surface area (Å²) >= 11 is 0. The lowest BCUT2D eigenvalue weighted by Crippen LogP contribution is -2.34. The standard InChI is InChI=1S/C20H26N2O4/c23-18-6-1-2-11-22(18)13-14-4-3-5-17(12-14)21-19(24)15-7-9-16(10-8-15)20(25)26/h3-5,12,15-16H,1-2,6-11,13H2,(H,21,24)(H,25,26). The summed E-state index contributed by atoms with van der Waals surface area (Å²) in [6, 6.07) is 7.63. The van der Waals surface area contributed by atoms with Gasteiger partial charge >= 0.3 is 5.97 Å². The Morgan fingerprint density at radius 1 is 1.12 bits per heavy atom. The maximum absolute atomic E-state index is 12.5. The summed E-state index contributed by atoms with van der Waals surface area (Å²) < 4.78 is 0. The zero-order chi connectivity index (χ0) is 18.5. The van der Waals surface area contributed by atoms with Gasteiger partial charge < -0.3 is 15.3 Å². The number of piperidine rings is 1. The molecule has 1 aromatic carbocycles. The molecular formula is C20H26N2O4. The van der Waals surface area contributed by atoms with E-state index in [0.29, 0.717) is 38.6 Å². The van der Waals surface area contributed by atoms with Gasteiger partial charge in [-0.15, -0.1) is 0 Å². The van der Waals surface area contributed by atoms with Gasteiger partial charge in [0.15, 0.2) is 0 Å². The van der Waals surface area contributed by atoms with E-state index in [1.54, 1.807) is 0 Å². The van der Waals surface area contributed by atoms with Crippen molar-refractivity contribution in [1.82, 2.24) is 4.90 Å². The van der Waals surface area contributed by atoms with E-state index in [1.807, 2.05) is 29.2 Å². The molecule has 0 aromatic heterocycles. The average molecular weight is 358 g/mol. The minimum atomic E-state index is -0.760. The molecule has 1 aromatic rings. The van der Waals surface area contributed by atoms with Crippen molar-refractivity contribution < 1.29 is 19.5 Å². The summed E-state index contributed by atoms with van der Waals surface area (Å²) in [6.07, 6.45) is 4.98. The molecule has 1 aliphatic heterocycles. The molecule has 2 N–H and O–H groups in total. The Morgan fingerprint density at radius 2 is 1.85 bits per heavy atom. The van der Waals surface area contributed by atoms with E-state index in [2.05, 4.69) is 5.32 Å². The summed E-state index contributed by atoms with van der Waals surface area (Å²) in [6.45, 7) is 1.37. The molecule has 1 heterocycles. The van der Waals surface area contributed by atoms with Gasteiger partial charge in [0.2, 0.25) is 11.8 Å². The first kappa shape index (κ1) is 18.4. The molecule has 2 fully saturated rings. The van der Waals surface area contributed by atoms with Gasteiger partial charge in [0.05, 0.1) is 5.92 Å². The van der Waals surface area contributed by atoms with Crippen molar-refractivity contribution in [2.45, 2.75) is 51.5 Å². The molecule has 2 aliphatic rings. The van der Waals surface area contributed by atoms with Crippen LogP contribution in [-0.2, 0) is 20.9 Å². The van der Waals surface area contributed by atoms with Crippen molar-refractivity contribution in [3.05, 3.63) is 29.8 Å². The lowest BCUT2D eigenvalue weighted by Gasteiger charge is -2.27. The van der Waals surface area contributed by atoms with Crippen LogP contribution in [0.2, 0.25) is 0 Å². The average Bonchev–Trinajstić information content (AvgIpc) is 2.64. The van der Waals surface area contributed by atoms with Crippen molar-refractivity contribution in [1.29, 1.82) is 0 Å². The highest BCUT2D eigenvalue weighted by molar-refractivity contribution is 5.92. The highest BCUT2D eigenvalue weighted by Crippen LogP contribution is 2.30. The van der Waals surface area contributed by atoms with Crippen molar-refractivity contribution >= 4 is 23.5 Å². The Hall–Kier alpha value is -2.37. The fraction of sp³-hybridized carbons (Fsp3) is 0.550. The molecule has 0 atom stereocenters. The molecule has 1 saturated heterocycles. The van der Waals surface area contributed by atoms with E-state index in [4.69, 9.17) is 5.11 Å². The van der Waals surface area contributed by atoms with Crippen LogP contribution in [0.4, 0.5) is 5.69 Å². The second-order valence-corrected chi connectivity index (χ2v) is 7.35. The summed E-state index contributed by atoms with van der Waals surface area (Å²) in [5.41, 5.74) is 1.74. The number of nitrogens with one attached hydrogen (secondary N) is 1. The molecule has 0 bridgehead atoms. The van der Waals surface area contributed by atoms with Gasteiger partial charge in [0.25, 0.3) is 0 Å². The molecule has 26 heavy (non-hydrogen) atoms. The van der Waals surface area contributed by atoms with Gasteiger partial charge in [0.1, 0.15) is 0 Å². The minimum Gasteiger partial charge on any atom is -0.481 e. The zero-order valence-electron chi connectivity index (χ0n) is 14.9. The van der Waals surface area contributed by atoms with E-state index in [9.17, 15) is 14.4 Å². The fourth-order valence-corrected chi connectivity index (χ4v) is 3.84.